The molecule has 2 aliphatic rings. The van der Waals surface area contributed by atoms with Gasteiger partial charge in [0.15, 0.2) is 0 Å². The van der Waals surface area contributed by atoms with Crippen LogP contribution < -0.4 is 5.32 Å². The van der Waals surface area contributed by atoms with E-state index in [2.05, 4.69) is 10.3 Å². The summed E-state index contributed by atoms with van der Waals surface area (Å²) >= 11 is 6.35. The molecule has 0 saturated carbocycles. The van der Waals surface area contributed by atoms with Crippen molar-refractivity contribution in [3.63, 3.8) is 0 Å². The first-order valence-electron chi connectivity index (χ1n) is 7.27. The third-order valence-electron chi connectivity index (χ3n) is 4.35. The van der Waals surface area contributed by atoms with Crippen molar-refractivity contribution in [3.05, 3.63) is 27.5 Å². The smallest absolute Gasteiger partial charge is 0.227 e. The number of nitrogens with one attached hydrogen (secondary N) is 1. The molecule has 1 aromatic heterocycles. The molecule has 5 nitrogen and oxygen atoms in total. The second-order valence-corrected chi connectivity index (χ2v) is 6.12. The first-order valence-corrected chi connectivity index (χ1v) is 7.64. The molecule has 0 aliphatic carbocycles. The third kappa shape index (κ3) is 2.65. The number of carbonyl (C=O) groups is 1. The second-order valence-electron chi connectivity index (χ2n) is 5.74. The molecule has 21 heavy (non-hydrogen) atoms. The number of ether oxygens (including phenoxy) is 1. The lowest BCUT2D eigenvalue weighted by atomic mass is 10.1. The molecule has 1 amide bonds. The van der Waals surface area contributed by atoms with Crippen LogP contribution >= 0.6 is 11.6 Å². The minimum Gasteiger partial charge on any atom is -0.378 e. The Bertz CT molecular complexity index is 571. The molecule has 1 fully saturated rings. The van der Waals surface area contributed by atoms with Crippen molar-refractivity contribution in [1.82, 2.24) is 15.2 Å². The molecule has 0 bridgehead atoms. The molecule has 3 rings (SSSR count). The zero-order valence-electron chi connectivity index (χ0n) is 12.4. The van der Waals surface area contributed by atoms with Crippen LogP contribution in [0.15, 0.2) is 0 Å². The number of aromatic nitrogens is 1. The summed E-state index contributed by atoms with van der Waals surface area (Å²) in [5, 5.41) is 3.90. The Labute approximate surface area is 129 Å². The first-order chi connectivity index (χ1) is 10.1. The number of hydrogen-bond acceptors (Lipinski definition) is 4. The monoisotopic (exact) mass is 309 g/mol. The van der Waals surface area contributed by atoms with E-state index in [0.717, 1.165) is 42.0 Å². The van der Waals surface area contributed by atoms with Gasteiger partial charge in [0.05, 0.1) is 35.5 Å². The minimum atomic E-state index is 0.105. The van der Waals surface area contributed by atoms with E-state index in [1.54, 1.807) is 7.11 Å². The Hall–Kier alpha value is -1.17. The lowest BCUT2D eigenvalue weighted by Crippen LogP contribution is -2.33. The minimum absolute atomic E-state index is 0.105. The predicted molar refractivity (Wildman–Crippen MR) is 79.9 cm³/mol. The molecule has 2 aliphatic heterocycles. The van der Waals surface area contributed by atoms with Crippen LogP contribution in [0.3, 0.4) is 0 Å². The highest BCUT2D eigenvalue weighted by atomic mass is 35.5. The number of pyridine rings is 1. The number of halogens is 1. The fraction of sp³-hybridized carbons (Fsp3) is 0.600. The summed E-state index contributed by atoms with van der Waals surface area (Å²) in [6, 6.07) is 0. The Balaban J connectivity index is 1.83. The molecule has 1 N–H and O–H groups in total. The highest BCUT2D eigenvalue weighted by Gasteiger charge is 2.33. The fourth-order valence-electron chi connectivity index (χ4n) is 3.12. The van der Waals surface area contributed by atoms with Crippen molar-refractivity contribution in [2.24, 2.45) is 5.92 Å². The Kier molecular flexibility index (Phi) is 4.15. The first kappa shape index (κ1) is 14.8. The van der Waals surface area contributed by atoms with Gasteiger partial charge in [-0.3, -0.25) is 9.78 Å². The van der Waals surface area contributed by atoms with E-state index in [1.807, 2.05) is 11.8 Å². The van der Waals surface area contributed by atoms with Crippen LogP contribution in [0, 0.1) is 12.8 Å². The Morgan fingerprint density at radius 3 is 3.00 bits per heavy atom. The van der Waals surface area contributed by atoms with Gasteiger partial charge < -0.3 is 15.0 Å². The lowest BCUT2D eigenvalue weighted by Gasteiger charge is -2.19. The Morgan fingerprint density at radius 2 is 2.33 bits per heavy atom. The summed E-state index contributed by atoms with van der Waals surface area (Å²) in [7, 11) is 1.63. The molecular formula is C15H20ClN3O2. The predicted octanol–water partition coefficient (Wildman–Crippen LogP) is 1.64. The molecule has 3 heterocycles. The van der Waals surface area contributed by atoms with Gasteiger partial charge >= 0.3 is 0 Å². The van der Waals surface area contributed by atoms with Crippen molar-refractivity contribution in [2.75, 3.05) is 20.2 Å². The van der Waals surface area contributed by atoms with Gasteiger partial charge in [0.2, 0.25) is 5.91 Å². The Morgan fingerprint density at radius 1 is 1.52 bits per heavy atom. The quantitative estimate of drug-likeness (QED) is 0.922. The normalized spacial score (nSPS) is 20.9. The molecule has 0 radical (unpaired) electrons. The van der Waals surface area contributed by atoms with E-state index >= 15 is 0 Å². The van der Waals surface area contributed by atoms with Gasteiger partial charge in [0, 0.05) is 20.2 Å². The van der Waals surface area contributed by atoms with Gasteiger partial charge in [-0.05, 0) is 31.0 Å². The summed E-state index contributed by atoms with van der Waals surface area (Å²) in [5.74, 6) is 0.329. The number of rotatable bonds is 3. The SMILES string of the molecule is COCc1nc2c(c(C)c1Cl)CN(C(=O)[C@@H]1CCNC1)C2. The maximum atomic E-state index is 12.5. The maximum absolute atomic E-state index is 12.5. The molecule has 0 aromatic carbocycles. The van der Waals surface area contributed by atoms with Gasteiger partial charge in [-0.25, -0.2) is 0 Å². The zero-order valence-corrected chi connectivity index (χ0v) is 13.2. The van der Waals surface area contributed by atoms with Crippen molar-refractivity contribution in [1.29, 1.82) is 0 Å². The van der Waals surface area contributed by atoms with E-state index in [1.165, 1.54) is 0 Å². The summed E-state index contributed by atoms with van der Waals surface area (Å²) in [6.45, 7) is 5.31. The largest absolute Gasteiger partial charge is 0.378 e. The van der Waals surface area contributed by atoms with E-state index in [4.69, 9.17) is 16.3 Å². The van der Waals surface area contributed by atoms with Crippen molar-refractivity contribution >= 4 is 17.5 Å². The fourth-order valence-corrected chi connectivity index (χ4v) is 3.34. The van der Waals surface area contributed by atoms with Crippen LogP contribution in [0.2, 0.25) is 5.02 Å². The number of carbonyl (C=O) groups excluding carboxylic acids is 1. The van der Waals surface area contributed by atoms with Crippen LogP contribution in [0.1, 0.15) is 28.9 Å². The summed E-state index contributed by atoms with van der Waals surface area (Å²) in [6.07, 6.45) is 0.924. The van der Waals surface area contributed by atoms with E-state index < -0.39 is 0 Å². The zero-order chi connectivity index (χ0) is 15.0. The van der Waals surface area contributed by atoms with E-state index in [0.29, 0.717) is 24.7 Å². The van der Waals surface area contributed by atoms with Crippen molar-refractivity contribution in [2.45, 2.75) is 33.0 Å². The van der Waals surface area contributed by atoms with Gasteiger partial charge in [0.25, 0.3) is 0 Å². The molecule has 1 saturated heterocycles. The third-order valence-corrected chi connectivity index (χ3v) is 4.85. The lowest BCUT2D eigenvalue weighted by molar-refractivity contribution is -0.135. The molecule has 1 atom stereocenters. The number of nitrogens with zero attached hydrogens (tertiary/aromatic N) is 2. The van der Waals surface area contributed by atoms with Gasteiger partial charge in [-0.15, -0.1) is 0 Å². The second kappa shape index (κ2) is 5.91. The van der Waals surface area contributed by atoms with Crippen molar-refractivity contribution < 1.29 is 9.53 Å². The summed E-state index contributed by atoms with van der Waals surface area (Å²) in [4.78, 5) is 19.0. The van der Waals surface area contributed by atoms with E-state index in [9.17, 15) is 4.79 Å². The number of hydrogen-bond donors (Lipinski definition) is 1. The molecule has 0 unspecified atom stereocenters. The van der Waals surface area contributed by atoms with Crippen molar-refractivity contribution in [3.8, 4) is 0 Å². The highest BCUT2D eigenvalue weighted by Crippen LogP contribution is 2.32. The van der Waals surface area contributed by atoms with Gasteiger partial charge in [0.1, 0.15) is 0 Å². The average molecular weight is 310 g/mol. The molecule has 0 spiro atoms. The number of amides is 1. The highest BCUT2D eigenvalue weighted by molar-refractivity contribution is 6.32. The van der Waals surface area contributed by atoms with Gasteiger partial charge in [-0.2, -0.15) is 0 Å². The van der Waals surface area contributed by atoms with Gasteiger partial charge in [-0.1, -0.05) is 11.6 Å². The number of methoxy groups -OCH3 is 1. The molecule has 114 valence electrons. The topological polar surface area (TPSA) is 54.5 Å². The van der Waals surface area contributed by atoms with Crippen LogP contribution in [0.5, 0.6) is 0 Å². The van der Waals surface area contributed by atoms with Crippen LogP contribution in [-0.2, 0) is 29.2 Å². The molecule has 6 heteroatoms. The van der Waals surface area contributed by atoms with Crippen LogP contribution in [0.4, 0.5) is 0 Å². The summed E-state index contributed by atoms with van der Waals surface area (Å²) in [5.41, 5.74) is 3.84. The maximum Gasteiger partial charge on any atom is 0.227 e. The van der Waals surface area contributed by atoms with Crippen LogP contribution in [-0.4, -0.2) is 36.0 Å². The van der Waals surface area contributed by atoms with Crippen LogP contribution in [0.25, 0.3) is 0 Å². The standard InChI is InChI=1S/C15H20ClN3O2/c1-9-11-6-19(15(20)10-3-4-17-5-10)7-12(11)18-13(8-21-2)14(9)16/h10,17H,3-8H2,1-2H3/t10-/m1/s1. The number of fused-ring (bicyclic) bond motifs is 1. The van der Waals surface area contributed by atoms with E-state index in [-0.39, 0.29) is 11.8 Å². The molecular weight excluding hydrogens is 290 g/mol. The average Bonchev–Trinajstić information content (AvgIpc) is 3.13. The summed E-state index contributed by atoms with van der Waals surface area (Å²) < 4.78 is 5.14. The molecule has 1 aromatic rings.